The van der Waals surface area contributed by atoms with Gasteiger partial charge in [0.1, 0.15) is 0 Å². The Morgan fingerprint density at radius 3 is 2.71 bits per heavy atom. The Balaban J connectivity index is 2.57. The van der Waals surface area contributed by atoms with Crippen molar-refractivity contribution in [1.82, 2.24) is 14.8 Å². The minimum atomic E-state index is 0.785. The lowest BCUT2D eigenvalue weighted by Gasteiger charge is -2.03. The third kappa shape index (κ3) is 1.74. The van der Waals surface area contributed by atoms with Crippen LogP contribution >= 0.6 is 31.9 Å². The molecule has 0 amide bonds. The molecule has 2 rings (SSSR count). The summed E-state index contributed by atoms with van der Waals surface area (Å²) < 4.78 is 3.61. The van der Waals surface area contributed by atoms with Crippen LogP contribution < -0.4 is 0 Å². The fraction of sp³-hybridized carbons (Fsp3) is 0.111. The number of aromatic nitrogens is 3. The second kappa shape index (κ2) is 3.82. The third-order valence-corrected chi connectivity index (χ3v) is 3.74. The first-order valence-corrected chi connectivity index (χ1v) is 5.60. The zero-order valence-electron chi connectivity index (χ0n) is 7.41. The predicted octanol–water partition coefficient (Wildman–Crippen LogP) is 3.10. The van der Waals surface area contributed by atoms with E-state index in [9.17, 15) is 0 Å². The first kappa shape index (κ1) is 9.86. The molecule has 0 N–H and O–H groups in total. The SMILES string of the molecule is Cc1ccn(-c2nccc(Br)c2Br)n1. The molecule has 0 aliphatic carbocycles. The standard InChI is InChI=1S/C9H7Br2N3/c1-6-3-5-14(13-6)9-8(11)7(10)2-4-12-9/h2-5H,1H3. The highest BCUT2D eigenvalue weighted by atomic mass is 79.9. The topological polar surface area (TPSA) is 30.7 Å². The monoisotopic (exact) mass is 315 g/mol. The molecule has 0 aromatic carbocycles. The van der Waals surface area contributed by atoms with Crippen LogP contribution in [0.1, 0.15) is 5.69 Å². The summed E-state index contributed by atoms with van der Waals surface area (Å²) in [6.45, 7) is 1.95. The van der Waals surface area contributed by atoms with Crippen LogP contribution in [-0.2, 0) is 0 Å². The molecule has 14 heavy (non-hydrogen) atoms. The molecule has 2 heterocycles. The van der Waals surface area contributed by atoms with Crippen LogP contribution in [0, 0.1) is 6.92 Å². The van der Waals surface area contributed by atoms with Crippen molar-refractivity contribution < 1.29 is 0 Å². The normalized spacial score (nSPS) is 10.5. The number of aryl methyl sites for hydroxylation is 1. The van der Waals surface area contributed by atoms with Gasteiger partial charge >= 0.3 is 0 Å². The van der Waals surface area contributed by atoms with Crippen LogP contribution in [0.25, 0.3) is 5.82 Å². The van der Waals surface area contributed by atoms with Crippen molar-refractivity contribution in [2.45, 2.75) is 6.92 Å². The van der Waals surface area contributed by atoms with Crippen LogP contribution in [0.4, 0.5) is 0 Å². The first-order valence-electron chi connectivity index (χ1n) is 4.01. The maximum absolute atomic E-state index is 4.29. The quantitative estimate of drug-likeness (QED) is 0.809. The summed E-state index contributed by atoms with van der Waals surface area (Å²) in [4.78, 5) is 4.25. The average Bonchev–Trinajstić information content (AvgIpc) is 2.57. The van der Waals surface area contributed by atoms with Crippen LogP contribution in [0.15, 0.2) is 33.5 Å². The summed E-state index contributed by atoms with van der Waals surface area (Å²) in [7, 11) is 0. The average molecular weight is 317 g/mol. The van der Waals surface area contributed by atoms with Crippen molar-refractivity contribution in [3.05, 3.63) is 39.2 Å². The Kier molecular flexibility index (Phi) is 2.69. The molecular weight excluding hydrogens is 310 g/mol. The maximum Gasteiger partial charge on any atom is 0.168 e. The number of hydrogen-bond acceptors (Lipinski definition) is 2. The molecule has 2 aromatic rings. The third-order valence-electron chi connectivity index (χ3n) is 1.76. The minimum Gasteiger partial charge on any atom is -0.236 e. The summed E-state index contributed by atoms with van der Waals surface area (Å²) in [6, 6.07) is 3.82. The van der Waals surface area contributed by atoms with Crippen molar-refractivity contribution in [2.75, 3.05) is 0 Å². The van der Waals surface area contributed by atoms with E-state index in [1.165, 1.54) is 0 Å². The number of nitrogens with zero attached hydrogens (tertiary/aromatic N) is 3. The van der Waals surface area contributed by atoms with E-state index in [4.69, 9.17) is 0 Å². The molecule has 0 aliphatic heterocycles. The van der Waals surface area contributed by atoms with E-state index < -0.39 is 0 Å². The van der Waals surface area contributed by atoms with Gasteiger partial charge in [-0.15, -0.1) is 0 Å². The maximum atomic E-state index is 4.29. The molecule has 2 aromatic heterocycles. The molecule has 0 spiro atoms. The molecule has 72 valence electrons. The summed E-state index contributed by atoms with van der Waals surface area (Å²) in [5.41, 5.74) is 0.971. The van der Waals surface area contributed by atoms with E-state index >= 15 is 0 Å². The van der Waals surface area contributed by atoms with Crippen molar-refractivity contribution in [3.8, 4) is 5.82 Å². The number of hydrogen-bond donors (Lipinski definition) is 0. The number of pyridine rings is 1. The van der Waals surface area contributed by atoms with E-state index in [0.29, 0.717) is 0 Å². The van der Waals surface area contributed by atoms with Crippen molar-refractivity contribution in [1.29, 1.82) is 0 Å². The highest BCUT2D eigenvalue weighted by Gasteiger charge is 2.07. The van der Waals surface area contributed by atoms with Crippen molar-refractivity contribution in [2.24, 2.45) is 0 Å². The van der Waals surface area contributed by atoms with Gasteiger partial charge in [-0.25, -0.2) is 9.67 Å². The first-order chi connectivity index (χ1) is 6.68. The van der Waals surface area contributed by atoms with Gasteiger partial charge in [-0.05, 0) is 50.9 Å². The fourth-order valence-corrected chi connectivity index (χ4v) is 1.81. The zero-order chi connectivity index (χ0) is 10.1. The molecule has 0 unspecified atom stereocenters. The molecule has 0 saturated heterocycles. The molecule has 3 nitrogen and oxygen atoms in total. The van der Waals surface area contributed by atoms with E-state index in [0.717, 1.165) is 20.5 Å². The van der Waals surface area contributed by atoms with Gasteiger partial charge in [0.15, 0.2) is 5.82 Å². The molecule has 5 heteroatoms. The minimum absolute atomic E-state index is 0.785. The molecule has 0 radical (unpaired) electrons. The van der Waals surface area contributed by atoms with Gasteiger partial charge in [-0.2, -0.15) is 5.10 Å². The second-order valence-corrected chi connectivity index (χ2v) is 4.48. The molecule has 0 atom stereocenters. The molecule has 0 saturated carbocycles. The Morgan fingerprint density at radius 2 is 2.07 bits per heavy atom. The Morgan fingerprint density at radius 1 is 1.29 bits per heavy atom. The van der Waals surface area contributed by atoms with Gasteiger partial charge in [-0.1, -0.05) is 0 Å². The van der Waals surface area contributed by atoms with Crippen LogP contribution in [0.5, 0.6) is 0 Å². The lowest BCUT2D eigenvalue weighted by molar-refractivity contribution is 0.826. The van der Waals surface area contributed by atoms with Crippen LogP contribution in [-0.4, -0.2) is 14.8 Å². The van der Waals surface area contributed by atoms with Crippen LogP contribution in [0.2, 0.25) is 0 Å². The largest absolute Gasteiger partial charge is 0.236 e. The Bertz CT molecular complexity index is 465. The van der Waals surface area contributed by atoms with E-state index in [2.05, 4.69) is 41.9 Å². The molecule has 0 aliphatic rings. The smallest absolute Gasteiger partial charge is 0.168 e. The van der Waals surface area contributed by atoms with Gasteiger partial charge in [0.2, 0.25) is 0 Å². The molecule has 0 bridgehead atoms. The van der Waals surface area contributed by atoms with Crippen LogP contribution in [0.3, 0.4) is 0 Å². The lowest BCUT2D eigenvalue weighted by Crippen LogP contribution is -1.99. The fourth-order valence-electron chi connectivity index (χ4n) is 1.10. The molecular formula is C9H7Br2N3. The van der Waals surface area contributed by atoms with Gasteiger partial charge in [-0.3, -0.25) is 0 Å². The Hall–Kier alpha value is -0.680. The van der Waals surface area contributed by atoms with Gasteiger partial charge in [0.05, 0.1) is 10.2 Å². The summed E-state index contributed by atoms with van der Waals surface area (Å²) >= 11 is 6.88. The molecule has 0 fully saturated rings. The van der Waals surface area contributed by atoms with Crippen molar-refractivity contribution in [3.63, 3.8) is 0 Å². The van der Waals surface area contributed by atoms with Gasteiger partial charge in [0.25, 0.3) is 0 Å². The predicted molar refractivity (Wildman–Crippen MR) is 61.5 cm³/mol. The van der Waals surface area contributed by atoms with E-state index in [1.807, 2.05) is 25.3 Å². The van der Waals surface area contributed by atoms with Crippen molar-refractivity contribution >= 4 is 31.9 Å². The highest BCUT2D eigenvalue weighted by molar-refractivity contribution is 9.13. The summed E-state index contributed by atoms with van der Waals surface area (Å²) in [6.07, 6.45) is 3.62. The highest BCUT2D eigenvalue weighted by Crippen LogP contribution is 2.26. The number of halogens is 2. The number of rotatable bonds is 1. The summed E-state index contributed by atoms with van der Waals surface area (Å²) in [5.74, 6) is 0.785. The Labute approximate surface area is 98.4 Å². The lowest BCUT2D eigenvalue weighted by atomic mass is 10.5. The second-order valence-electron chi connectivity index (χ2n) is 2.83. The van der Waals surface area contributed by atoms with E-state index in [1.54, 1.807) is 10.9 Å². The van der Waals surface area contributed by atoms with E-state index in [-0.39, 0.29) is 0 Å². The zero-order valence-corrected chi connectivity index (χ0v) is 10.6. The van der Waals surface area contributed by atoms with Gasteiger partial charge < -0.3 is 0 Å². The van der Waals surface area contributed by atoms with Gasteiger partial charge in [0, 0.05) is 16.9 Å². The summed E-state index contributed by atoms with van der Waals surface area (Å²) in [5, 5.41) is 4.29.